The molecule has 1 aliphatic carbocycles. The van der Waals surface area contributed by atoms with Crippen molar-refractivity contribution in [3.05, 3.63) is 0 Å². The molecule has 2 aliphatic rings. The maximum atomic E-state index is 12.6. The zero-order valence-electron chi connectivity index (χ0n) is 13.1. The van der Waals surface area contributed by atoms with E-state index in [9.17, 15) is 14.7 Å². The van der Waals surface area contributed by atoms with E-state index in [0.717, 1.165) is 32.1 Å². The molecule has 2 rings (SSSR count). The molecule has 0 aromatic heterocycles. The minimum absolute atomic E-state index is 0.0133. The van der Waals surface area contributed by atoms with Crippen molar-refractivity contribution < 1.29 is 14.7 Å². The fourth-order valence-corrected chi connectivity index (χ4v) is 4.83. The molecule has 6 heteroatoms. The van der Waals surface area contributed by atoms with E-state index in [2.05, 4.69) is 26.1 Å². The van der Waals surface area contributed by atoms with Crippen molar-refractivity contribution in [2.24, 2.45) is 5.41 Å². The summed E-state index contributed by atoms with van der Waals surface area (Å²) in [6.07, 6.45) is 5.00. The molecule has 2 amide bonds. The van der Waals surface area contributed by atoms with E-state index in [1.165, 1.54) is 0 Å². The van der Waals surface area contributed by atoms with Crippen LogP contribution < -0.4 is 5.32 Å². The fourth-order valence-electron chi connectivity index (χ4n) is 3.31. The molecule has 2 fully saturated rings. The topological polar surface area (TPSA) is 69.6 Å². The van der Waals surface area contributed by atoms with Gasteiger partial charge in [-0.1, -0.05) is 33.6 Å². The Morgan fingerprint density at radius 3 is 2.67 bits per heavy atom. The van der Waals surface area contributed by atoms with Gasteiger partial charge in [0.1, 0.15) is 6.04 Å². The number of rotatable bonds is 4. The zero-order valence-corrected chi connectivity index (χ0v) is 13.9. The zero-order chi connectivity index (χ0) is 15.6. The first-order chi connectivity index (χ1) is 9.86. The SMILES string of the molecule is CCCC1SCC(C(=O)O)N1C(=O)NC1CCCC1(C)C. The number of aliphatic carboxylic acids is 1. The molecule has 1 heterocycles. The standard InChI is InChI=1S/C15H26N2O3S/c1-4-6-12-17(10(9-21-12)13(18)19)14(20)16-11-7-5-8-15(11,2)3/h10-12H,4-9H2,1-3H3,(H,16,20)(H,18,19). The average Bonchev–Trinajstić information content (AvgIpc) is 2.94. The Morgan fingerprint density at radius 1 is 1.43 bits per heavy atom. The fraction of sp³-hybridized carbons (Fsp3) is 0.867. The van der Waals surface area contributed by atoms with Crippen molar-refractivity contribution in [3.63, 3.8) is 0 Å². The maximum absolute atomic E-state index is 12.6. The van der Waals surface area contributed by atoms with Crippen molar-refractivity contribution in [1.82, 2.24) is 10.2 Å². The molecule has 0 aromatic carbocycles. The first-order valence-electron chi connectivity index (χ1n) is 7.80. The number of nitrogens with zero attached hydrogens (tertiary/aromatic N) is 1. The van der Waals surface area contributed by atoms with Gasteiger partial charge in [0.25, 0.3) is 0 Å². The van der Waals surface area contributed by atoms with Crippen molar-refractivity contribution >= 4 is 23.8 Å². The van der Waals surface area contributed by atoms with Crippen LogP contribution in [0.25, 0.3) is 0 Å². The highest BCUT2D eigenvalue weighted by molar-refractivity contribution is 8.00. The summed E-state index contributed by atoms with van der Waals surface area (Å²) in [5.74, 6) is -0.413. The molecule has 5 nitrogen and oxygen atoms in total. The van der Waals surface area contributed by atoms with Gasteiger partial charge in [-0.2, -0.15) is 0 Å². The molecular weight excluding hydrogens is 288 g/mol. The van der Waals surface area contributed by atoms with Crippen LogP contribution in [0.3, 0.4) is 0 Å². The number of hydrogen-bond acceptors (Lipinski definition) is 3. The van der Waals surface area contributed by atoms with Crippen LogP contribution in [0.1, 0.15) is 52.9 Å². The molecule has 3 atom stereocenters. The van der Waals surface area contributed by atoms with Crippen LogP contribution in [-0.2, 0) is 4.79 Å². The van der Waals surface area contributed by atoms with Gasteiger partial charge >= 0.3 is 12.0 Å². The Hall–Kier alpha value is -0.910. The predicted molar refractivity (Wildman–Crippen MR) is 84.4 cm³/mol. The molecule has 0 aromatic rings. The molecule has 21 heavy (non-hydrogen) atoms. The minimum atomic E-state index is -0.901. The molecule has 3 unspecified atom stereocenters. The number of carboxylic acid groups (broad SMARTS) is 1. The van der Waals surface area contributed by atoms with Gasteiger partial charge in [-0.05, 0) is 24.7 Å². The number of carbonyl (C=O) groups is 2. The highest BCUT2D eigenvalue weighted by Gasteiger charge is 2.43. The first-order valence-corrected chi connectivity index (χ1v) is 8.85. The highest BCUT2D eigenvalue weighted by Crippen LogP contribution is 2.38. The monoisotopic (exact) mass is 314 g/mol. The van der Waals surface area contributed by atoms with Crippen molar-refractivity contribution in [1.29, 1.82) is 0 Å². The third-order valence-electron chi connectivity index (χ3n) is 4.70. The molecule has 1 saturated carbocycles. The van der Waals surface area contributed by atoms with Crippen LogP contribution in [-0.4, -0.2) is 45.2 Å². The molecule has 1 aliphatic heterocycles. The van der Waals surface area contributed by atoms with Gasteiger partial charge < -0.3 is 10.4 Å². The summed E-state index contributed by atoms with van der Waals surface area (Å²) in [4.78, 5) is 25.6. The molecule has 0 bridgehead atoms. The lowest BCUT2D eigenvalue weighted by molar-refractivity contribution is -0.141. The lowest BCUT2D eigenvalue weighted by Gasteiger charge is -2.33. The quantitative estimate of drug-likeness (QED) is 0.837. The number of carboxylic acids is 1. The number of nitrogens with one attached hydrogen (secondary N) is 1. The Labute approximate surface area is 130 Å². The summed E-state index contributed by atoms with van der Waals surface area (Å²) in [6, 6.07) is -0.755. The number of thioether (sulfide) groups is 1. The van der Waals surface area contributed by atoms with E-state index in [-0.39, 0.29) is 22.9 Å². The van der Waals surface area contributed by atoms with Gasteiger partial charge in [-0.25, -0.2) is 9.59 Å². The predicted octanol–water partition coefficient (Wildman–Crippen LogP) is 2.90. The van der Waals surface area contributed by atoms with Crippen molar-refractivity contribution in [2.75, 3.05) is 5.75 Å². The van der Waals surface area contributed by atoms with E-state index in [1.807, 2.05) is 0 Å². The van der Waals surface area contributed by atoms with Crippen LogP contribution in [0.15, 0.2) is 0 Å². The Morgan fingerprint density at radius 2 is 2.14 bits per heavy atom. The maximum Gasteiger partial charge on any atom is 0.327 e. The van der Waals surface area contributed by atoms with E-state index in [0.29, 0.717) is 5.75 Å². The Balaban J connectivity index is 2.08. The van der Waals surface area contributed by atoms with Crippen LogP contribution in [0.5, 0.6) is 0 Å². The molecule has 0 radical (unpaired) electrons. The highest BCUT2D eigenvalue weighted by atomic mass is 32.2. The van der Waals surface area contributed by atoms with E-state index in [4.69, 9.17) is 0 Å². The van der Waals surface area contributed by atoms with Gasteiger partial charge in [0, 0.05) is 11.8 Å². The lowest BCUT2D eigenvalue weighted by atomic mass is 9.87. The smallest absolute Gasteiger partial charge is 0.327 e. The van der Waals surface area contributed by atoms with Crippen molar-refractivity contribution in [3.8, 4) is 0 Å². The molecule has 1 saturated heterocycles. The summed E-state index contributed by atoms with van der Waals surface area (Å²) in [7, 11) is 0. The second-order valence-corrected chi connectivity index (χ2v) is 7.93. The van der Waals surface area contributed by atoms with Gasteiger partial charge in [-0.3, -0.25) is 4.90 Å². The average molecular weight is 314 g/mol. The first kappa shape index (κ1) is 16.5. The van der Waals surface area contributed by atoms with Crippen LogP contribution in [0, 0.1) is 5.41 Å². The van der Waals surface area contributed by atoms with E-state index < -0.39 is 12.0 Å². The molecule has 2 N–H and O–H groups in total. The second-order valence-electron chi connectivity index (χ2n) is 6.72. The second kappa shape index (κ2) is 6.46. The normalized spacial score (nSPS) is 31.4. The lowest BCUT2D eigenvalue weighted by Crippen LogP contribution is -2.54. The summed E-state index contributed by atoms with van der Waals surface area (Å²) >= 11 is 1.58. The van der Waals surface area contributed by atoms with Gasteiger partial charge in [-0.15, -0.1) is 11.8 Å². The number of amides is 2. The summed E-state index contributed by atoms with van der Waals surface area (Å²) in [5, 5.41) is 12.4. The van der Waals surface area contributed by atoms with Gasteiger partial charge in [0.05, 0.1) is 5.37 Å². The van der Waals surface area contributed by atoms with E-state index >= 15 is 0 Å². The summed E-state index contributed by atoms with van der Waals surface area (Å²) in [6.45, 7) is 6.40. The van der Waals surface area contributed by atoms with Gasteiger partial charge in [0.15, 0.2) is 0 Å². The summed E-state index contributed by atoms with van der Waals surface area (Å²) < 4.78 is 0. The third-order valence-corrected chi connectivity index (χ3v) is 6.06. The number of hydrogen-bond donors (Lipinski definition) is 2. The van der Waals surface area contributed by atoms with Gasteiger partial charge in [0.2, 0.25) is 0 Å². The van der Waals surface area contributed by atoms with E-state index in [1.54, 1.807) is 16.7 Å². The third kappa shape index (κ3) is 3.47. The minimum Gasteiger partial charge on any atom is -0.480 e. The van der Waals surface area contributed by atoms with Crippen LogP contribution in [0.2, 0.25) is 0 Å². The number of carbonyl (C=O) groups excluding carboxylic acids is 1. The molecular formula is C15H26N2O3S. The Bertz CT molecular complexity index is 414. The molecule has 0 spiro atoms. The Kier molecular flexibility index (Phi) is 5.07. The van der Waals surface area contributed by atoms with Crippen molar-refractivity contribution in [2.45, 2.75) is 70.3 Å². The number of urea groups is 1. The molecule has 120 valence electrons. The van der Waals surface area contributed by atoms with Crippen LogP contribution in [0.4, 0.5) is 4.79 Å². The largest absolute Gasteiger partial charge is 0.480 e. The van der Waals surface area contributed by atoms with Crippen LogP contribution >= 0.6 is 11.8 Å². The summed E-state index contributed by atoms with van der Waals surface area (Å²) in [5.41, 5.74) is 0.0987.